The highest BCUT2D eigenvalue weighted by molar-refractivity contribution is 5.81. The molecular formula is C18H24N2O2. The Morgan fingerprint density at radius 1 is 1.14 bits per heavy atom. The van der Waals surface area contributed by atoms with Crippen molar-refractivity contribution >= 4 is 5.91 Å². The number of carbonyl (C=O) groups is 1. The molecule has 1 unspecified atom stereocenters. The summed E-state index contributed by atoms with van der Waals surface area (Å²) in [5, 5.41) is 6.13. The largest absolute Gasteiger partial charge is 0.467 e. The Kier molecular flexibility index (Phi) is 5.39. The molecular weight excluding hydrogens is 276 g/mol. The lowest BCUT2D eigenvalue weighted by Gasteiger charge is -2.16. The quantitative estimate of drug-likeness (QED) is 0.862. The highest BCUT2D eigenvalue weighted by Crippen LogP contribution is 2.15. The Morgan fingerprint density at radius 3 is 2.55 bits per heavy atom. The minimum atomic E-state index is -0.254. The Labute approximate surface area is 131 Å². The van der Waals surface area contributed by atoms with Gasteiger partial charge in [-0.1, -0.05) is 12.1 Å². The number of amides is 1. The predicted molar refractivity (Wildman–Crippen MR) is 87.5 cm³/mol. The maximum atomic E-state index is 12.1. The molecule has 0 radical (unpaired) electrons. The lowest BCUT2D eigenvalue weighted by atomic mass is 10.0. The summed E-state index contributed by atoms with van der Waals surface area (Å²) in [5.41, 5.74) is 5.05. The van der Waals surface area contributed by atoms with Crippen LogP contribution >= 0.6 is 0 Å². The Bertz CT molecular complexity index is 633. The van der Waals surface area contributed by atoms with Gasteiger partial charge < -0.3 is 15.1 Å². The molecule has 4 nitrogen and oxygen atoms in total. The third-order valence-corrected chi connectivity index (χ3v) is 3.96. The second kappa shape index (κ2) is 7.27. The van der Waals surface area contributed by atoms with Gasteiger partial charge in [-0.2, -0.15) is 0 Å². The van der Waals surface area contributed by atoms with E-state index >= 15 is 0 Å². The van der Waals surface area contributed by atoms with E-state index in [1.807, 2.05) is 19.1 Å². The predicted octanol–water partition coefficient (Wildman–Crippen LogP) is 3.00. The SMILES string of the molecule is Cc1cc(C)c(CNC(C)C(=O)NCc2ccco2)cc1C. The normalized spacial score (nSPS) is 12.2. The molecule has 0 fully saturated rings. The first-order chi connectivity index (χ1) is 10.5. The maximum Gasteiger partial charge on any atom is 0.237 e. The average Bonchev–Trinajstić information content (AvgIpc) is 3.00. The number of hydrogen-bond acceptors (Lipinski definition) is 3. The van der Waals surface area contributed by atoms with Crippen molar-refractivity contribution < 1.29 is 9.21 Å². The van der Waals surface area contributed by atoms with Crippen molar-refractivity contribution in [1.29, 1.82) is 0 Å². The van der Waals surface area contributed by atoms with Crippen molar-refractivity contribution in [3.8, 4) is 0 Å². The average molecular weight is 300 g/mol. The fraction of sp³-hybridized carbons (Fsp3) is 0.389. The van der Waals surface area contributed by atoms with Gasteiger partial charge in [-0.15, -0.1) is 0 Å². The van der Waals surface area contributed by atoms with E-state index in [1.54, 1.807) is 6.26 Å². The molecule has 1 aromatic heterocycles. The molecule has 0 aliphatic rings. The molecule has 4 heteroatoms. The lowest BCUT2D eigenvalue weighted by molar-refractivity contribution is -0.123. The highest BCUT2D eigenvalue weighted by atomic mass is 16.3. The summed E-state index contributed by atoms with van der Waals surface area (Å²) in [4.78, 5) is 12.1. The van der Waals surface area contributed by atoms with Gasteiger partial charge in [0.15, 0.2) is 0 Å². The fourth-order valence-corrected chi connectivity index (χ4v) is 2.31. The summed E-state index contributed by atoms with van der Waals surface area (Å²) in [7, 11) is 0. The monoisotopic (exact) mass is 300 g/mol. The van der Waals surface area contributed by atoms with E-state index in [0.717, 1.165) is 5.76 Å². The molecule has 1 aromatic carbocycles. The van der Waals surface area contributed by atoms with Gasteiger partial charge in [0.1, 0.15) is 5.76 Å². The molecule has 1 heterocycles. The van der Waals surface area contributed by atoms with Gasteiger partial charge >= 0.3 is 0 Å². The molecule has 2 aromatic rings. The highest BCUT2D eigenvalue weighted by Gasteiger charge is 2.13. The molecule has 2 rings (SSSR count). The molecule has 22 heavy (non-hydrogen) atoms. The maximum absolute atomic E-state index is 12.1. The zero-order chi connectivity index (χ0) is 16.1. The number of aryl methyl sites for hydroxylation is 3. The van der Waals surface area contributed by atoms with Crippen molar-refractivity contribution in [1.82, 2.24) is 10.6 Å². The van der Waals surface area contributed by atoms with Crippen molar-refractivity contribution in [2.24, 2.45) is 0 Å². The fourth-order valence-electron chi connectivity index (χ4n) is 2.31. The Morgan fingerprint density at radius 2 is 1.86 bits per heavy atom. The summed E-state index contributed by atoms with van der Waals surface area (Å²) >= 11 is 0. The molecule has 0 aliphatic carbocycles. The Hall–Kier alpha value is -2.07. The van der Waals surface area contributed by atoms with Gasteiger partial charge in [0.2, 0.25) is 5.91 Å². The van der Waals surface area contributed by atoms with E-state index in [-0.39, 0.29) is 11.9 Å². The van der Waals surface area contributed by atoms with Gasteiger partial charge in [-0.25, -0.2) is 0 Å². The summed E-state index contributed by atoms with van der Waals surface area (Å²) in [6.45, 7) is 9.30. The number of hydrogen-bond donors (Lipinski definition) is 2. The molecule has 0 aliphatic heterocycles. The molecule has 0 bridgehead atoms. The molecule has 2 N–H and O–H groups in total. The second-order valence-corrected chi connectivity index (χ2v) is 5.76. The number of furan rings is 1. The van der Waals surface area contributed by atoms with Crippen LogP contribution in [-0.2, 0) is 17.9 Å². The summed E-state index contributed by atoms with van der Waals surface area (Å²) < 4.78 is 5.20. The summed E-state index contributed by atoms with van der Waals surface area (Å²) in [5.74, 6) is 0.725. The minimum Gasteiger partial charge on any atom is -0.467 e. The third kappa shape index (κ3) is 4.21. The van der Waals surface area contributed by atoms with Crippen LogP contribution < -0.4 is 10.6 Å². The molecule has 1 atom stereocenters. The zero-order valence-corrected chi connectivity index (χ0v) is 13.7. The molecule has 0 saturated heterocycles. The van der Waals surface area contributed by atoms with Crippen LogP contribution in [0.4, 0.5) is 0 Å². The smallest absolute Gasteiger partial charge is 0.237 e. The van der Waals surface area contributed by atoms with Crippen LogP contribution in [0.15, 0.2) is 34.9 Å². The number of benzene rings is 1. The molecule has 0 spiro atoms. The van der Waals surface area contributed by atoms with Gasteiger partial charge in [-0.3, -0.25) is 4.79 Å². The number of carbonyl (C=O) groups excluding carboxylic acids is 1. The van der Waals surface area contributed by atoms with E-state index in [2.05, 4.69) is 43.5 Å². The van der Waals surface area contributed by atoms with Crippen molar-refractivity contribution in [2.45, 2.75) is 46.8 Å². The standard InChI is InChI=1S/C18H24N2O2/c1-12-8-14(3)16(9-13(12)2)10-19-15(4)18(21)20-11-17-6-5-7-22-17/h5-9,15,19H,10-11H2,1-4H3,(H,20,21). The second-order valence-electron chi connectivity index (χ2n) is 5.76. The van der Waals surface area contributed by atoms with E-state index in [0.29, 0.717) is 13.1 Å². The number of nitrogens with one attached hydrogen (secondary N) is 2. The summed E-state index contributed by atoms with van der Waals surface area (Å²) in [6, 6.07) is 7.78. The first kappa shape index (κ1) is 16.3. The zero-order valence-electron chi connectivity index (χ0n) is 13.7. The molecule has 118 valence electrons. The van der Waals surface area contributed by atoms with Crippen molar-refractivity contribution in [3.63, 3.8) is 0 Å². The van der Waals surface area contributed by atoms with Crippen LogP contribution in [0.2, 0.25) is 0 Å². The third-order valence-electron chi connectivity index (χ3n) is 3.96. The first-order valence-corrected chi connectivity index (χ1v) is 7.57. The first-order valence-electron chi connectivity index (χ1n) is 7.57. The summed E-state index contributed by atoms with van der Waals surface area (Å²) in [6.07, 6.45) is 1.60. The van der Waals surface area contributed by atoms with Gasteiger partial charge in [0, 0.05) is 6.54 Å². The van der Waals surface area contributed by atoms with Gasteiger partial charge in [0.05, 0.1) is 18.8 Å². The molecule has 1 amide bonds. The van der Waals surface area contributed by atoms with Crippen molar-refractivity contribution in [3.05, 3.63) is 58.5 Å². The van der Waals surface area contributed by atoms with E-state index < -0.39 is 0 Å². The van der Waals surface area contributed by atoms with Crippen LogP contribution in [0.3, 0.4) is 0 Å². The van der Waals surface area contributed by atoms with Crippen molar-refractivity contribution in [2.75, 3.05) is 0 Å². The lowest BCUT2D eigenvalue weighted by Crippen LogP contribution is -2.41. The van der Waals surface area contributed by atoms with E-state index in [4.69, 9.17) is 4.42 Å². The van der Waals surface area contributed by atoms with Crippen LogP contribution in [0, 0.1) is 20.8 Å². The van der Waals surface area contributed by atoms with Crippen LogP contribution in [-0.4, -0.2) is 11.9 Å². The van der Waals surface area contributed by atoms with E-state index in [1.165, 1.54) is 22.3 Å². The molecule has 0 saturated carbocycles. The minimum absolute atomic E-state index is 0.0297. The van der Waals surface area contributed by atoms with E-state index in [9.17, 15) is 4.79 Å². The van der Waals surface area contributed by atoms with Crippen LogP contribution in [0.25, 0.3) is 0 Å². The van der Waals surface area contributed by atoms with Gasteiger partial charge in [-0.05, 0) is 62.1 Å². The van der Waals surface area contributed by atoms with Crippen LogP contribution in [0.5, 0.6) is 0 Å². The topological polar surface area (TPSA) is 54.3 Å². The van der Waals surface area contributed by atoms with Gasteiger partial charge in [0.25, 0.3) is 0 Å². The number of rotatable bonds is 6. The van der Waals surface area contributed by atoms with Crippen LogP contribution in [0.1, 0.15) is 34.9 Å². The Balaban J connectivity index is 1.85.